The molecular formula is C14H18N4OS. The monoisotopic (exact) mass is 290 g/mol. The number of benzene rings is 1. The first-order valence-corrected chi connectivity index (χ1v) is 7.87. The van der Waals surface area contributed by atoms with E-state index in [-0.39, 0.29) is 5.69 Å². The number of nitrogen functional groups attached to an aromatic ring is 1. The second-order valence-electron chi connectivity index (χ2n) is 5.11. The van der Waals surface area contributed by atoms with Gasteiger partial charge < -0.3 is 5.73 Å². The Balaban J connectivity index is 1.50. The van der Waals surface area contributed by atoms with Crippen molar-refractivity contribution in [1.82, 2.24) is 14.8 Å². The smallest absolute Gasteiger partial charge is 0.344 e. The van der Waals surface area contributed by atoms with Crippen LogP contribution in [-0.2, 0) is 6.42 Å². The quantitative estimate of drug-likeness (QED) is 0.486. The van der Waals surface area contributed by atoms with Crippen molar-refractivity contribution in [3.05, 3.63) is 40.3 Å². The Morgan fingerprint density at radius 3 is 2.80 bits per heavy atom. The molecule has 6 heteroatoms. The van der Waals surface area contributed by atoms with E-state index >= 15 is 0 Å². The van der Waals surface area contributed by atoms with Crippen LogP contribution in [0.4, 0.5) is 5.69 Å². The zero-order chi connectivity index (χ0) is 13.9. The molecule has 0 saturated heterocycles. The van der Waals surface area contributed by atoms with Gasteiger partial charge in [0.1, 0.15) is 0 Å². The van der Waals surface area contributed by atoms with Crippen molar-refractivity contribution in [1.29, 1.82) is 0 Å². The summed E-state index contributed by atoms with van der Waals surface area (Å²) in [6.45, 7) is 0. The minimum Gasteiger partial charge on any atom is -0.399 e. The Morgan fingerprint density at radius 1 is 1.35 bits per heavy atom. The van der Waals surface area contributed by atoms with E-state index < -0.39 is 0 Å². The van der Waals surface area contributed by atoms with Gasteiger partial charge in [-0.25, -0.2) is 9.89 Å². The lowest BCUT2D eigenvalue weighted by atomic mass is 10.1. The van der Waals surface area contributed by atoms with Crippen molar-refractivity contribution >= 4 is 17.4 Å². The minimum absolute atomic E-state index is 0.0754. The van der Waals surface area contributed by atoms with Crippen molar-refractivity contribution < 1.29 is 0 Å². The molecular weight excluding hydrogens is 272 g/mol. The fraction of sp³-hybridized carbons (Fsp3) is 0.429. The van der Waals surface area contributed by atoms with Gasteiger partial charge >= 0.3 is 5.69 Å². The molecule has 106 valence electrons. The summed E-state index contributed by atoms with van der Waals surface area (Å²) in [5.74, 6) is 0.960. The average Bonchev–Trinajstić information content (AvgIpc) is 3.21. The molecule has 0 bridgehead atoms. The van der Waals surface area contributed by atoms with Gasteiger partial charge in [-0.15, -0.1) is 5.10 Å². The van der Waals surface area contributed by atoms with E-state index in [2.05, 4.69) is 22.3 Å². The first-order chi connectivity index (χ1) is 9.74. The van der Waals surface area contributed by atoms with Gasteiger partial charge in [-0.3, -0.25) is 4.57 Å². The number of hydrogen-bond donors (Lipinski definition) is 2. The summed E-state index contributed by atoms with van der Waals surface area (Å²) in [4.78, 5) is 11.6. The zero-order valence-corrected chi connectivity index (χ0v) is 12.0. The van der Waals surface area contributed by atoms with Gasteiger partial charge in [-0.05, 0) is 43.4 Å². The third-order valence-electron chi connectivity index (χ3n) is 3.40. The molecule has 5 nitrogen and oxygen atoms in total. The number of thioether (sulfide) groups is 1. The number of nitrogens with two attached hydrogens (primary N) is 1. The van der Waals surface area contributed by atoms with Crippen molar-refractivity contribution in [2.45, 2.75) is 36.9 Å². The summed E-state index contributed by atoms with van der Waals surface area (Å²) in [7, 11) is 0. The highest BCUT2D eigenvalue weighted by atomic mass is 32.2. The van der Waals surface area contributed by atoms with E-state index in [1.54, 1.807) is 16.3 Å². The molecule has 1 aliphatic carbocycles. The van der Waals surface area contributed by atoms with Crippen molar-refractivity contribution in [2.24, 2.45) is 0 Å². The summed E-state index contributed by atoms with van der Waals surface area (Å²) < 4.78 is 1.80. The maximum absolute atomic E-state index is 11.6. The van der Waals surface area contributed by atoms with Crippen LogP contribution >= 0.6 is 11.8 Å². The highest BCUT2D eigenvalue weighted by Gasteiger charge is 2.28. The molecule has 1 heterocycles. The van der Waals surface area contributed by atoms with E-state index in [1.807, 2.05) is 12.1 Å². The molecule has 0 spiro atoms. The third-order valence-corrected chi connectivity index (χ3v) is 4.44. The Morgan fingerprint density at radius 2 is 2.10 bits per heavy atom. The molecule has 1 aromatic heterocycles. The van der Waals surface area contributed by atoms with Crippen molar-refractivity contribution in [2.75, 3.05) is 11.5 Å². The lowest BCUT2D eigenvalue weighted by Gasteiger charge is -2.04. The number of H-pyrrole nitrogens is 1. The molecule has 1 aromatic carbocycles. The Hall–Kier alpha value is -1.69. The van der Waals surface area contributed by atoms with Crippen LogP contribution in [0.1, 0.15) is 30.9 Å². The zero-order valence-electron chi connectivity index (χ0n) is 11.2. The normalized spacial score (nSPS) is 14.6. The minimum atomic E-state index is -0.0754. The molecule has 3 N–H and O–H groups in total. The van der Waals surface area contributed by atoms with Gasteiger partial charge in [-0.1, -0.05) is 23.9 Å². The summed E-state index contributed by atoms with van der Waals surface area (Å²) in [5.41, 5.74) is 7.68. The lowest BCUT2D eigenvalue weighted by Crippen LogP contribution is -2.16. The van der Waals surface area contributed by atoms with Crippen LogP contribution in [-0.4, -0.2) is 20.5 Å². The number of nitrogens with zero attached hydrogens (tertiary/aromatic N) is 2. The standard InChI is InChI=1S/C14H18N4OS/c15-11-5-3-10(4-6-11)2-1-9-20-14-17-16-13(19)18(14)12-7-8-12/h3-6,12H,1-2,7-9,15H2,(H,16,19). The van der Waals surface area contributed by atoms with Gasteiger partial charge in [0.2, 0.25) is 0 Å². The van der Waals surface area contributed by atoms with Crippen LogP contribution in [0.5, 0.6) is 0 Å². The van der Waals surface area contributed by atoms with Gasteiger partial charge in [0.05, 0.1) is 0 Å². The maximum atomic E-state index is 11.6. The van der Waals surface area contributed by atoms with E-state index in [4.69, 9.17) is 5.73 Å². The van der Waals surface area contributed by atoms with E-state index in [0.717, 1.165) is 42.3 Å². The molecule has 1 aliphatic rings. The number of aromatic amines is 1. The summed E-state index contributed by atoms with van der Waals surface area (Å²) in [6, 6.07) is 8.37. The molecule has 1 fully saturated rings. The fourth-order valence-electron chi connectivity index (χ4n) is 2.17. The number of hydrogen-bond acceptors (Lipinski definition) is 4. The summed E-state index contributed by atoms with van der Waals surface area (Å²) >= 11 is 1.65. The first kappa shape index (κ1) is 13.3. The van der Waals surface area contributed by atoms with Crippen LogP contribution < -0.4 is 11.4 Å². The molecule has 0 radical (unpaired) electrons. The highest BCUT2D eigenvalue weighted by Crippen LogP contribution is 2.36. The van der Waals surface area contributed by atoms with E-state index in [0.29, 0.717) is 6.04 Å². The van der Waals surface area contributed by atoms with Crippen LogP contribution in [0.3, 0.4) is 0 Å². The molecule has 1 saturated carbocycles. The molecule has 0 aliphatic heterocycles. The second-order valence-corrected chi connectivity index (χ2v) is 6.17. The number of aryl methyl sites for hydroxylation is 1. The average molecular weight is 290 g/mol. The summed E-state index contributed by atoms with van der Waals surface area (Å²) in [6.07, 6.45) is 4.27. The van der Waals surface area contributed by atoms with Crippen LogP contribution in [0.2, 0.25) is 0 Å². The van der Waals surface area contributed by atoms with Gasteiger partial charge in [0, 0.05) is 17.5 Å². The predicted octanol–water partition coefficient (Wildman–Crippen LogP) is 2.21. The topological polar surface area (TPSA) is 76.7 Å². The SMILES string of the molecule is Nc1ccc(CCCSc2n[nH]c(=O)n2C2CC2)cc1. The Labute approximate surface area is 121 Å². The number of rotatable bonds is 6. The molecule has 0 amide bonds. The van der Waals surface area contributed by atoms with Gasteiger partial charge in [-0.2, -0.15) is 0 Å². The number of anilines is 1. The number of aromatic nitrogens is 3. The van der Waals surface area contributed by atoms with E-state index in [1.165, 1.54) is 5.56 Å². The molecule has 3 rings (SSSR count). The van der Waals surface area contributed by atoms with Crippen molar-refractivity contribution in [3.8, 4) is 0 Å². The molecule has 2 aromatic rings. The predicted molar refractivity (Wildman–Crippen MR) is 81.0 cm³/mol. The summed E-state index contributed by atoms with van der Waals surface area (Å²) in [5, 5.41) is 7.48. The van der Waals surface area contributed by atoms with E-state index in [9.17, 15) is 4.79 Å². The Bertz CT molecular complexity index is 627. The van der Waals surface area contributed by atoms with Gasteiger partial charge in [0.15, 0.2) is 5.16 Å². The molecule has 0 atom stereocenters. The second kappa shape index (κ2) is 5.75. The maximum Gasteiger partial charge on any atom is 0.344 e. The van der Waals surface area contributed by atoms with Crippen LogP contribution in [0.15, 0.2) is 34.2 Å². The van der Waals surface area contributed by atoms with Crippen LogP contribution in [0.25, 0.3) is 0 Å². The van der Waals surface area contributed by atoms with Crippen LogP contribution in [0, 0.1) is 0 Å². The molecule has 0 unspecified atom stereocenters. The molecule has 20 heavy (non-hydrogen) atoms. The highest BCUT2D eigenvalue weighted by molar-refractivity contribution is 7.99. The lowest BCUT2D eigenvalue weighted by molar-refractivity contribution is 0.642. The van der Waals surface area contributed by atoms with Crippen molar-refractivity contribution in [3.63, 3.8) is 0 Å². The number of nitrogens with one attached hydrogen (secondary N) is 1. The van der Waals surface area contributed by atoms with Gasteiger partial charge in [0.25, 0.3) is 0 Å². The largest absolute Gasteiger partial charge is 0.399 e. The third kappa shape index (κ3) is 3.07. The first-order valence-electron chi connectivity index (χ1n) is 6.88. The fourth-order valence-corrected chi connectivity index (χ4v) is 3.12. The Kier molecular flexibility index (Phi) is 3.82.